The third-order valence-corrected chi connectivity index (χ3v) is 1.88. The number of carbonyl (C=O) groups is 1. The second-order valence-corrected chi connectivity index (χ2v) is 3.65. The Kier molecular flexibility index (Phi) is 4.23. The van der Waals surface area contributed by atoms with E-state index in [1.54, 1.807) is 12.1 Å². The molecule has 0 amide bonds. The average Bonchev–Trinajstić information content (AvgIpc) is 2.64. The van der Waals surface area contributed by atoms with E-state index in [0.29, 0.717) is 12.5 Å². The summed E-state index contributed by atoms with van der Waals surface area (Å²) in [5, 5.41) is 0. The summed E-state index contributed by atoms with van der Waals surface area (Å²) in [4.78, 5) is 11.2. The fourth-order valence-corrected chi connectivity index (χ4v) is 1.12. The predicted molar refractivity (Wildman–Crippen MR) is 53.1 cm³/mol. The van der Waals surface area contributed by atoms with Crippen LogP contribution in [0.15, 0.2) is 22.8 Å². The average molecular weight is 196 g/mol. The second-order valence-electron chi connectivity index (χ2n) is 3.65. The zero-order chi connectivity index (χ0) is 10.4. The third kappa shape index (κ3) is 3.64. The number of furan rings is 1. The molecule has 3 heteroatoms. The van der Waals surface area contributed by atoms with Gasteiger partial charge in [0.2, 0.25) is 5.76 Å². The zero-order valence-electron chi connectivity index (χ0n) is 8.66. The van der Waals surface area contributed by atoms with Gasteiger partial charge < -0.3 is 9.15 Å². The Bertz CT molecular complexity index is 262. The van der Waals surface area contributed by atoms with E-state index in [1.165, 1.54) is 6.26 Å². The van der Waals surface area contributed by atoms with Gasteiger partial charge in [0, 0.05) is 0 Å². The lowest BCUT2D eigenvalue weighted by molar-refractivity contribution is 0.0458. The summed E-state index contributed by atoms with van der Waals surface area (Å²) in [5.41, 5.74) is 0. The number of ether oxygens (including phenoxy) is 1. The van der Waals surface area contributed by atoms with Crippen molar-refractivity contribution >= 4 is 5.97 Å². The second kappa shape index (κ2) is 5.47. The van der Waals surface area contributed by atoms with Crippen LogP contribution in [0.2, 0.25) is 0 Å². The van der Waals surface area contributed by atoms with E-state index in [9.17, 15) is 4.79 Å². The first-order valence-electron chi connectivity index (χ1n) is 4.91. The van der Waals surface area contributed by atoms with Gasteiger partial charge in [0.1, 0.15) is 0 Å². The lowest BCUT2D eigenvalue weighted by Gasteiger charge is -2.04. The Labute approximate surface area is 84.1 Å². The maximum absolute atomic E-state index is 11.2. The molecule has 0 bridgehead atoms. The van der Waals surface area contributed by atoms with Gasteiger partial charge in [-0.15, -0.1) is 0 Å². The van der Waals surface area contributed by atoms with Crippen molar-refractivity contribution in [3.05, 3.63) is 24.2 Å². The van der Waals surface area contributed by atoms with E-state index in [4.69, 9.17) is 9.15 Å². The standard InChI is InChI=1S/C11H16O3/c1-9(2)5-3-8-14-11(12)10-6-4-7-13-10/h4,6-7,9H,3,5,8H2,1-2H3. The number of hydrogen-bond acceptors (Lipinski definition) is 3. The fraction of sp³-hybridized carbons (Fsp3) is 0.545. The van der Waals surface area contributed by atoms with Crippen LogP contribution >= 0.6 is 0 Å². The fourth-order valence-electron chi connectivity index (χ4n) is 1.12. The topological polar surface area (TPSA) is 39.4 Å². The zero-order valence-corrected chi connectivity index (χ0v) is 8.66. The van der Waals surface area contributed by atoms with E-state index in [0.717, 1.165) is 12.8 Å². The van der Waals surface area contributed by atoms with Gasteiger partial charge in [-0.05, 0) is 30.9 Å². The molecular weight excluding hydrogens is 180 g/mol. The van der Waals surface area contributed by atoms with Crippen molar-refractivity contribution in [1.82, 2.24) is 0 Å². The first-order chi connectivity index (χ1) is 6.70. The van der Waals surface area contributed by atoms with Crippen LogP contribution in [-0.4, -0.2) is 12.6 Å². The summed E-state index contributed by atoms with van der Waals surface area (Å²) >= 11 is 0. The normalized spacial score (nSPS) is 10.5. The number of rotatable bonds is 5. The van der Waals surface area contributed by atoms with Gasteiger partial charge in [-0.25, -0.2) is 4.79 Å². The Morgan fingerprint density at radius 1 is 1.57 bits per heavy atom. The molecular formula is C11H16O3. The molecule has 0 aromatic carbocycles. The van der Waals surface area contributed by atoms with E-state index >= 15 is 0 Å². The molecule has 3 nitrogen and oxygen atoms in total. The van der Waals surface area contributed by atoms with Gasteiger partial charge in [-0.3, -0.25) is 0 Å². The third-order valence-electron chi connectivity index (χ3n) is 1.88. The summed E-state index contributed by atoms with van der Waals surface area (Å²) in [6, 6.07) is 3.27. The molecule has 0 fully saturated rings. The number of hydrogen-bond donors (Lipinski definition) is 0. The minimum Gasteiger partial charge on any atom is -0.460 e. The molecule has 1 aromatic heterocycles. The van der Waals surface area contributed by atoms with E-state index in [1.807, 2.05) is 0 Å². The summed E-state index contributed by atoms with van der Waals surface area (Å²) in [7, 11) is 0. The largest absolute Gasteiger partial charge is 0.460 e. The van der Waals surface area contributed by atoms with Crippen molar-refractivity contribution < 1.29 is 13.9 Å². The van der Waals surface area contributed by atoms with Crippen LogP contribution in [-0.2, 0) is 4.74 Å². The quantitative estimate of drug-likeness (QED) is 0.537. The Balaban J connectivity index is 2.16. The SMILES string of the molecule is CC(C)CCCOC(=O)c1ccco1. The van der Waals surface area contributed by atoms with Gasteiger partial charge in [-0.1, -0.05) is 13.8 Å². The number of carbonyl (C=O) groups excluding carboxylic acids is 1. The molecule has 1 rings (SSSR count). The lowest BCUT2D eigenvalue weighted by Crippen LogP contribution is -2.05. The van der Waals surface area contributed by atoms with Gasteiger partial charge in [0.25, 0.3) is 0 Å². The van der Waals surface area contributed by atoms with Crippen molar-refractivity contribution in [2.75, 3.05) is 6.61 Å². The van der Waals surface area contributed by atoms with Crippen molar-refractivity contribution in [2.45, 2.75) is 26.7 Å². The Hall–Kier alpha value is -1.25. The van der Waals surface area contributed by atoms with Crippen molar-refractivity contribution in [2.24, 2.45) is 5.92 Å². The Morgan fingerprint density at radius 3 is 2.93 bits per heavy atom. The van der Waals surface area contributed by atoms with Crippen LogP contribution in [0.4, 0.5) is 0 Å². The minimum atomic E-state index is -0.376. The van der Waals surface area contributed by atoms with Gasteiger partial charge in [0.05, 0.1) is 12.9 Å². The van der Waals surface area contributed by atoms with Gasteiger partial charge >= 0.3 is 5.97 Å². The smallest absolute Gasteiger partial charge is 0.374 e. The molecule has 0 aliphatic heterocycles. The molecule has 0 N–H and O–H groups in total. The minimum absolute atomic E-state index is 0.273. The van der Waals surface area contributed by atoms with E-state index < -0.39 is 0 Å². The van der Waals surface area contributed by atoms with E-state index in [-0.39, 0.29) is 11.7 Å². The highest BCUT2D eigenvalue weighted by Crippen LogP contribution is 2.06. The van der Waals surface area contributed by atoms with Crippen molar-refractivity contribution in [3.8, 4) is 0 Å². The van der Waals surface area contributed by atoms with Crippen LogP contribution in [0, 0.1) is 5.92 Å². The van der Waals surface area contributed by atoms with Crippen LogP contribution in [0.1, 0.15) is 37.2 Å². The summed E-state index contributed by atoms with van der Waals surface area (Å²) in [5.74, 6) is 0.547. The van der Waals surface area contributed by atoms with E-state index in [2.05, 4.69) is 13.8 Å². The van der Waals surface area contributed by atoms with Crippen LogP contribution in [0.3, 0.4) is 0 Å². The molecule has 14 heavy (non-hydrogen) atoms. The van der Waals surface area contributed by atoms with Crippen molar-refractivity contribution in [1.29, 1.82) is 0 Å². The summed E-state index contributed by atoms with van der Waals surface area (Å²) in [6.45, 7) is 4.76. The lowest BCUT2D eigenvalue weighted by atomic mass is 10.1. The maximum Gasteiger partial charge on any atom is 0.374 e. The Morgan fingerprint density at radius 2 is 2.36 bits per heavy atom. The molecule has 0 unspecified atom stereocenters. The molecule has 0 radical (unpaired) electrons. The maximum atomic E-state index is 11.2. The van der Waals surface area contributed by atoms with Crippen LogP contribution in [0.5, 0.6) is 0 Å². The first-order valence-corrected chi connectivity index (χ1v) is 4.91. The monoisotopic (exact) mass is 196 g/mol. The molecule has 0 saturated carbocycles. The highest BCUT2D eigenvalue weighted by Gasteiger charge is 2.08. The van der Waals surface area contributed by atoms with Crippen LogP contribution in [0.25, 0.3) is 0 Å². The molecule has 0 saturated heterocycles. The first kappa shape index (κ1) is 10.8. The van der Waals surface area contributed by atoms with Gasteiger partial charge in [-0.2, -0.15) is 0 Å². The number of esters is 1. The molecule has 78 valence electrons. The summed E-state index contributed by atoms with van der Waals surface area (Å²) < 4.78 is 9.90. The van der Waals surface area contributed by atoms with Crippen LogP contribution < -0.4 is 0 Å². The molecule has 1 aromatic rings. The highest BCUT2D eigenvalue weighted by atomic mass is 16.5. The predicted octanol–water partition coefficient (Wildman–Crippen LogP) is 2.87. The molecule has 1 heterocycles. The molecule has 0 atom stereocenters. The molecule has 0 spiro atoms. The summed E-state index contributed by atoms with van der Waals surface area (Å²) in [6.07, 6.45) is 3.44. The highest BCUT2D eigenvalue weighted by molar-refractivity contribution is 5.86. The molecule has 0 aliphatic carbocycles. The van der Waals surface area contributed by atoms with Crippen molar-refractivity contribution in [3.63, 3.8) is 0 Å². The van der Waals surface area contributed by atoms with Gasteiger partial charge in [0.15, 0.2) is 0 Å². The molecule has 0 aliphatic rings.